The van der Waals surface area contributed by atoms with Crippen molar-refractivity contribution >= 4 is 23.5 Å². The van der Waals surface area contributed by atoms with Crippen LogP contribution in [-0.4, -0.2) is 83.3 Å². The molecule has 1 aromatic rings. The molecule has 1 heterocycles. The van der Waals surface area contributed by atoms with E-state index < -0.39 is 81.3 Å². The number of alkyl halides is 1. The van der Waals surface area contributed by atoms with Gasteiger partial charge in [-0.25, -0.2) is 9.18 Å². The molecule has 14 nitrogen and oxygen atoms in total. The molecule has 1 aliphatic heterocycles. The third-order valence-electron chi connectivity index (χ3n) is 11.7. The number of rotatable bonds is 11. The Morgan fingerprint density at radius 2 is 1.88 bits per heavy atom. The van der Waals surface area contributed by atoms with Crippen LogP contribution in [0.3, 0.4) is 0 Å². The van der Waals surface area contributed by atoms with Crippen LogP contribution in [0.25, 0.3) is 0 Å². The maximum absolute atomic E-state index is 17.7. The highest BCUT2D eigenvalue weighted by Gasteiger charge is 2.80. The van der Waals surface area contributed by atoms with E-state index >= 15 is 4.39 Å². The summed E-state index contributed by atoms with van der Waals surface area (Å²) in [5, 5.41) is 21.1. The van der Waals surface area contributed by atoms with Gasteiger partial charge >= 0.3 is 11.9 Å². The molecule has 0 aromatic heterocycles. The first-order valence-electron chi connectivity index (χ1n) is 17.0. The van der Waals surface area contributed by atoms with Crippen molar-refractivity contribution < 1.29 is 62.3 Å². The highest BCUT2D eigenvalue weighted by molar-refractivity contribution is 6.01. The van der Waals surface area contributed by atoms with Gasteiger partial charge in [0.2, 0.25) is 5.78 Å². The molecule has 51 heavy (non-hydrogen) atoms. The SMILES string of the molecule is COc1cc(C(=O)OCC(=O)[C@@]23OC(C)(C)O[C@@H]2C[C@H]2C4CCC5=CC(=O)C=C[C@]5(C)[C@@]4(F)[C@@H](O)C[C@@]23C)ccc1OC(=O)CCCO[N+](=O)[O-]. The molecule has 1 saturated heterocycles. The van der Waals surface area contributed by atoms with Crippen molar-refractivity contribution in [3.05, 3.63) is 57.7 Å². The van der Waals surface area contributed by atoms with Crippen molar-refractivity contribution in [3.8, 4) is 11.5 Å². The lowest BCUT2D eigenvalue weighted by molar-refractivity contribution is -0.757. The number of carbonyl (C=O) groups is 4. The molecule has 6 rings (SSSR count). The number of ketones is 2. The van der Waals surface area contributed by atoms with Gasteiger partial charge in [-0.3, -0.25) is 14.4 Å². The van der Waals surface area contributed by atoms with Gasteiger partial charge < -0.3 is 33.6 Å². The van der Waals surface area contributed by atoms with Gasteiger partial charge in [-0.1, -0.05) is 18.6 Å². The molecule has 1 N–H and O–H groups in total. The van der Waals surface area contributed by atoms with E-state index in [0.29, 0.717) is 18.4 Å². The first-order valence-corrected chi connectivity index (χ1v) is 17.0. The van der Waals surface area contributed by atoms with Crippen LogP contribution < -0.4 is 9.47 Å². The van der Waals surface area contributed by atoms with Crippen LogP contribution in [0.2, 0.25) is 0 Å². The van der Waals surface area contributed by atoms with E-state index in [9.17, 15) is 34.4 Å². The van der Waals surface area contributed by atoms with Crippen molar-refractivity contribution in [2.45, 2.75) is 95.5 Å². The molecule has 1 aromatic carbocycles. The molecule has 0 radical (unpaired) electrons. The van der Waals surface area contributed by atoms with E-state index in [2.05, 4.69) is 4.84 Å². The molecule has 0 amide bonds. The molecule has 4 aliphatic carbocycles. The van der Waals surface area contributed by atoms with Gasteiger partial charge in [0, 0.05) is 23.2 Å². The Labute approximate surface area is 293 Å². The van der Waals surface area contributed by atoms with Crippen LogP contribution in [0.5, 0.6) is 11.5 Å². The minimum Gasteiger partial charge on any atom is -0.493 e. The Morgan fingerprint density at radius 3 is 2.59 bits per heavy atom. The van der Waals surface area contributed by atoms with Gasteiger partial charge in [-0.05, 0) is 89.1 Å². The predicted molar refractivity (Wildman–Crippen MR) is 173 cm³/mol. The van der Waals surface area contributed by atoms with Crippen LogP contribution in [0, 0.1) is 32.8 Å². The summed E-state index contributed by atoms with van der Waals surface area (Å²) in [7, 11) is 1.30. The summed E-state index contributed by atoms with van der Waals surface area (Å²) in [6.45, 7) is 5.89. The number of allylic oxidation sites excluding steroid dienone is 4. The topological polar surface area (TPSA) is 187 Å². The Balaban J connectivity index is 1.20. The lowest BCUT2D eigenvalue weighted by Crippen LogP contribution is -2.70. The van der Waals surface area contributed by atoms with Crippen LogP contribution >= 0.6 is 0 Å². The number of aliphatic hydroxyl groups is 1. The van der Waals surface area contributed by atoms with Crippen LogP contribution in [0.4, 0.5) is 4.39 Å². The van der Waals surface area contributed by atoms with Crippen LogP contribution in [0.15, 0.2) is 42.0 Å². The Hall–Kier alpha value is -4.21. The van der Waals surface area contributed by atoms with E-state index in [1.54, 1.807) is 26.8 Å². The monoisotopic (exact) mass is 715 g/mol. The molecule has 0 spiro atoms. The number of hydrogen-bond donors (Lipinski definition) is 1. The van der Waals surface area contributed by atoms with Crippen molar-refractivity contribution in [1.82, 2.24) is 0 Å². The van der Waals surface area contributed by atoms with Crippen molar-refractivity contribution in [1.29, 1.82) is 0 Å². The second-order valence-corrected chi connectivity index (χ2v) is 14.8. The smallest absolute Gasteiger partial charge is 0.338 e. The minimum atomic E-state index is -2.12. The van der Waals surface area contributed by atoms with E-state index in [1.165, 1.54) is 37.5 Å². The fraction of sp³-hybridized carbons (Fsp3) is 0.611. The zero-order valence-electron chi connectivity index (χ0n) is 29.1. The second kappa shape index (κ2) is 12.8. The zero-order valence-corrected chi connectivity index (χ0v) is 29.1. The highest BCUT2D eigenvalue weighted by atomic mass is 19.1. The number of Topliss-reactive ketones (excluding diaryl/α,β-unsaturated/α-hetero) is 1. The molecule has 276 valence electrons. The number of esters is 2. The summed E-state index contributed by atoms with van der Waals surface area (Å²) >= 11 is 0. The van der Waals surface area contributed by atoms with Crippen LogP contribution in [0.1, 0.15) is 76.6 Å². The predicted octanol–water partition coefficient (Wildman–Crippen LogP) is 4.19. The maximum atomic E-state index is 17.7. The van der Waals surface area contributed by atoms with Crippen molar-refractivity contribution in [3.63, 3.8) is 0 Å². The van der Waals surface area contributed by atoms with Crippen molar-refractivity contribution in [2.24, 2.45) is 22.7 Å². The zero-order chi connectivity index (χ0) is 37.1. The van der Waals surface area contributed by atoms with Gasteiger partial charge in [0.1, 0.15) is 0 Å². The Bertz CT molecular complexity index is 1720. The number of halogens is 1. The highest BCUT2D eigenvalue weighted by Crippen LogP contribution is 2.72. The maximum Gasteiger partial charge on any atom is 0.338 e. The van der Waals surface area contributed by atoms with E-state index in [-0.39, 0.29) is 55.1 Å². The quantitative estimate of drug-likeness (QED) is 0.113. The molecule has 0 bridgehead atoms. The molecule has 3 saturated carbocycles. The number of aliphatic hydroxyl groups excluding tert-OH is 1. The lowest BCUT2D eigenvalue weighted by atomic mass is 9.44. The average Bonchev–Trinajstić information content (AvgIpc) is 3.48. The molecular formula is C36H42FNO13. The largest absolute Gasteiger partial charge is 0.493 e. The first-order chi connectivity index (χ1) is 23.9. The fourth-order valence-electron chi connectivity index (χ4n) is 9.54. The van der Waals surface area contributed by atoms with Gasteiger partial charge in [0.25, 0.3) is 5.09 Å². The lowest BCUT2D eigenvalue weighted by Gasteiger charge is -2.62. The molecule has 15 heteroatoms. The summed E-state index contributed by atoms with van der Waals surface area (Å²) in [5.41, 5.74) is -5.47. The Morgan fingerprint density at radius 1 is 1.14 bits per heavy atom. The molecule has 4 fully saturated rings. The molecule has 5 aliphatic rings. The summed E-state index contributed by atoms with van der Waals surface area (Å²) in [5.74, 6) is -4.71. The molecule has 8 atom stereocenters. The van der Waals surface area contributed by atoms with Gasteiger partial charge in [-0.2, -0.15) is 0 Å². The Kier molecular flexibility index (Phi) is 9.16. The normalized spacial score (nSPS) is 35.7. The number of methoxy groups -OCH3 is 1. The standard InChI is InChI=1S/C36H42FNO13/c1-32(2)50-29-17-24-23-10-9-21-16-22(39)12-13-33(21,3)35(23,37)27(40)18-34(24,4)36(29,51-32)28(41)19-47-31(43)20-8-11-25(26(15-20)46-5)49-30(42)7-6-14-48-38(44)45/h8,11-13,15-16,23-24,27,29,40H,6-7,9-10,14,17-19H2,1-5H3/t23?,24-,27-,29+,33-,34-,35-,36+/m0/s1. The van der Waals surface area contributed by atoms with Gasteiger partial charge in [0.05, 0.1) is 31.5 Å². The third kappa shape index (κ3) is 5.73. The first kappa shape index (κ1) is 36.6. The van der Waals surface area contributed by atoms with E-state index in [1.807, 2.05) is 6.92 Å². The number of fused-ring (bicyclic) bond motifs is 7. The van der Waals surface area contributed by atoms with E-state index in [0.717, 1.165) is 0 Å². The molecule has 1 unspecified atom stereocenters. The number of carbonyl (C=O) groups excluding carboxylic acids is 4. The number of nitrogens with zero attached hydrogens (tertiary/aromatic N) is 1. The summed E-state index contributed by atoms with van der Waals surface area (Å²) < 4.78 is 46.5. The number of benzene rings is 1. The number of ether oxygens (including phenoxy) is 5. The average molecular weight is 716 g/mol. The van der Waals surface area contributed by atoms with E-state index in [4.69, 9.17) is 23.7 Å². The summed E-state index contributed by atoms with van der Waals surface area (Å²) in [6.07, 6.45) is 2.89. The minimum absolute atomic E-state index is 0.00925. The van der Waals surface area contributed by atoms with Crippen molar-refractivity contribution in [2.75, 3.05) is 20.3 Å². The van der Waals surface area contributed by atoms with Gasteiger partial charge in [0.15, 0.2) is 40.9 Å². The molecular weight excluding hydrogens is 673 g/mol. The van der Waals surface area contributed by atoms with Gasteiger partial charge in [-0.15, -0.1) is 10.1 Å². The van der Waals surface area contributed by atoms with Crippen LogP contribution in [-0.2, 0) is 33.4 Å². The second-order valence-electron chi connectivity index (χ2n) is 14.8. The summed E-state index contributed by atoms with van der Waals surface area (Å²) in [4.78, 5) is 66.5. The fourth-order valence-corrected chi connectivity index (χ4v) is 9.54. The third-order valence-corrected chi connectivity index (χ3v) is 11.7. The summed E-state index contributed by atoms with van der Waals surface area (Å²) in [6, 6.07) is 3.90. The number of hydrogen-bond acceptors (Lipinski definition) is 13.